The summed E-state index contributed by atoms with van der Waals surface area (Å²) >= 11 is 14.0. The molecule has 0 aromatic heterocycles. The van der Waals surface area contributed by atoms with Crippen LogP contribution in [0.3, 0.4) is 0 Å². The summed E-state index contributed by atoms with van der Waals surface area (Å²) in [7, 11) is 0. The van der Waals surface area contributed by atoms with Crippen LogP contribution in [-0.2, 0) is 0 Å². The number of hydrogen-bond acceptors (Lipinski definition) is 0. The summed E-state index contributed by atoms with van der Waals surface area (Å²) < 4.78 is 0.424. The molecule has 16 heavy (non-hydrogen) atoms. The van der Waals surface area contributed by atoms with Crippen LogP contribution >= 0.6 is 63.7 Å². The van der Waals surface area contributed by atoms with Gasteiger partial charge in [0.25, 0.3) is 0 Å². The quantitative estimate of drug-likeness (QED) is 0.444. The van der Waals surface area contributed by atoms with E-state index in [1.54, 1.807) is 0 Å². The topological polar surface area (TPSA) is 0 Å². The molecule has 0 radical (unpaired) electrons. The van der Waals surface area contributed by atoms with Crippen LogP contribution in [0.2, 0.25) is 0 Å². The van der Waals surface area contributed by atoms with Crippen molar-refractivity contribution in [3.8, 4) is 0 Å². The van der Waals surface area contributed by atoms with Gasteiger partial charge in [-0.25, -0.2) is 0 Å². The van der Waals surface area contributed by atoms with Crippen LogP contribution in [-0.4, -0.2) is 0 Å². The van der Waals surface area contributed by atoms with E-state index in [1.165, 1.54) is 21.9 Å². The molecule has 2 rings (SSSR count). The molecule has 0 spiro atoms. The van der Waals surface area contributed by atoms with Crippen LogP contribution in [0, 0.1) is 0 Å². The van der Waals surface area contributed by atoms with E-state index in [0.717, 1.165) is 0 Å². The van der Waals surface area contributed by atoms with Crippen LogP contribution in [0.15, 0.2) is 36.4 Å². The van der Waals surface area contributed by atoms with Crippen molar-refractivity contribution >= 4 is 74.5 Å². The van der Waals surface area contributed by atoms with E-state index >= 15 is 0 Å². The summed E-state index contributed by atoms with van der Waals surface area (Å²) in [6.07, 6.45) is 0. The Labute approximate surface area is 128 Å². The monoisotopic (exact) mass is 468 g/mol. The van der Waals surface area contributed by atoms with Crippen LogP contribution in [0.4, 0.5) is 0 Å². The Hall–Kier alpha value is 0.620. The zero-order chi connectivity index (χ0) is 11.7. The van der Waals surface area contributed by atoms with Gasteiger partial charge < -0.3 is 0 Å². The van der Waals surface area contributed by atoms with E-state index in [0.29, 0.717) is 0 Å². The van der Waals surface area contributed by atoms with Crippen LogP contribution in [0.5, 0.6) is 0 Å². The SMILES string of the molecule is BrC(Br)c1ccc2cc(C(Br)Br)ccc2c1. The first kappa shape index (κ1) is 13.1. The van der Waals surface area contributed by atoms with E-state index in [1.807, 2.05) is 0 Å². The molecule has 0 saturated heterocycles. The highest BCUT2D eigenvalue weighted by Crippen LogP contribution is 2.34. The molecule has 0 heterocycles. The Kier molecular flexibility index (Phi) is 4.50. The highest BCUT2D eigenvalue weighted by molar-refractivity contribution is 9.24. The minimum Gasteiger partial charge on any atom is -0.0712 e. The summed E-state index contributed by atoms with van der Waals surface area (Å²) in [5.74, 6) is 0. The fraction of sp³-hybridized carbons (Fsp3) is 0.167. The highest BCUT2D eigenvalue weighted by Gasteiger charge is 2.06. The molecule has 0 aliphatic carbocycles. The van der Waals surface area contributed by atoms with Crippen molar-refractivity contribution in [2.45, 2.75) is 7.47 Å². The number of rotatable bonds is 2. The zero-order valence-electron chi connectivity index (χ0n) is 8.13. The molecule has 0 saturated carbocycles. The molecule has 0 nitrogen and oxygen atoms in total. The summed E-state index contributed by atoms with van der Waals surface area (Å²) in [6.45, 7) is 0. The van der Waals surface area contributed by atoms with Gasteiger partial charge in [-0.2, -0.15) is 0 Å². The molecular formula is C12H8Br4. The molecule has 0 aliphatic rings. The summed E-state index contributed by atoms with van der Waals surface area (Å²) in [4.78, 5) is 0. The molecular weight excluding hydrogens is 464 g/mol. The third-order valence-corrected chi connectivity index (χ3v) is 4.51. The second kappa shape index (κ2) is 5.51. The van der Waals surface area contributed by atoms with Crippen molar-refractivity contribution in [1.29, 1.82) is 0 Å². The summed E-state index contributed by atoms with van der Waals surface area (Å²) in [5.41, 5.74) is 2.46. The maximum Gasteiger partial charge on any atom is 0.0946 e. The molecule has 0 bridgehead atoms. The zero-order valence-corrected chi connectivity index (χ0v) is 14.5. The molecule has 2 aromatic rings. The van der Waals surface area contributed by atoms with E-state index in [9.17, 15) is 0 Å². The predicted molar refractivity (Wildman–Crippen MR) is 85.1 cm³/mol. The molecule has 0 unspecified atom stereocenters. The molecule has 84 valence electrons. The first-order valence-corrected chi connectivity index (χ1v) is 8.34. The fourth-order valence-electron chi connectivity index (χ4n) is 1.55. The normalized spacial score (nSPS) is 11.6. The molecule has 2 aromatic carbocycles. The smallest absolute Gasteiger partial charge is 0.0712 e. The van der Waals surface area contributed by atoms with E-state index in [4.69, 9.17) is 0 Å². The lowest BCUT2D eigenvalue weighted by atomic mass is 10.1. The maximum absolute atomic E-state index is 3.51. The largest absolute Gasteiger partial charge is 0.0946 e. The Morgan fingerprint density at radius 2 is 1.00 bits per heavy atom. The van der Waals surface area contributed by atoms with Crippen molar-refractivity contribution in [2.75, 3.05) is 0 Å². The Balaban J connectivity index is 2.53. The lowest BCUT2D eigenvalue weighted by Crippen LogP contribution is -1.84. The van der Waals surface area contributed by atoms with Gasteiger partial charge in [-0.3, -0.25) is 0 Å². The van der Waals surface area contributed by atoms with Gasteiger partial charge in [-0.1, -0.05) is 88.0 Å². The number of alkyl halides is 4. The second-order valence-electron chi connectivity index (χ2n) is 3.47. The summed E-state index contributed by atoms with van der Waals surface area (Å²) in [5, 5.41) is 2.51. The maximum atomic E-state index is 3.51. The van der Waals surface area contributed by atoms with E-state index in [2.05, 4.69) is 100 Å². The molecule has 0 amide bonds. The Morgan fingerprint density at radius 1 is 0.625 bits per heavy atom. The highest BCUT2D eigenvalue weighted by atomic mass is 79.9. The second-order valence-corrected chi connectivity index (χ2v) is 9.59. The van der Waals surface area contributed by atoms with Crippen molar-refractivity contribution in [1.82, 2.24) is 0 Å². The van der Waals surface area contributed by atoms with Gasteiger partial charge in [0.15, 0.2) is 0 Å². The average Bonchev–Trinajstić information content (AvgIpc) is 2.27. The molecule has 0 fully saturated rings. The van der Waals surface area contributed by atoms with Crippen molar-refractivity contribution in [3.63, 3.8) is 0 Å². The lowest BCUT2D eigenvalue weighted by molar-refractivity contribution is 1.42. The minimum absolute atomic E-state index is 0.212. The Bertz CT molecular complexity index is 458. The van der Waals surface area contributed by atoms with E-state index < -0.39 is 0 Å². The van der Waals surface area contributed by atoms with Gasteiger partial charge in [0.1, 0.15) is 0 Å². The first-order valence-electron chi connectivity index (χ1n) is 4.68. The van der Waals surface area contributed by atoms with Crippen LogP contribution in [0.1, 0.15) is 18.6 Å². The van der Waals surface area contributed by atoms with Crippen LogP contribution in [0.25, 0.3) is 10.8 Å². The summed E-state index contributed by atoms with van der Waals surface area (Å²) in [6, 6.07) is 12.9. The van der Waals surface area contributed by atoms with Gasteiger partial charge in [0.2, 0.25) is 0 Å². The molecule has 4 heteroatoms. The van der Waals surface area contributed by atoms with Gasteiger partial charge >= 0.3 is 0 Å². The number of hydrogen-bond donors (Lipinski definition) is 0. The van der Waals surface area contributed by atoms with Gasteiger partial charge in [-0.15, -0.1) is 0 Å². The van der Waals surface area contributed by atoms with Crippen molar-refractivity contribution in [3.05, 3.63) is 47.5 Å². The standard InChI is InChI=1S/C12H8Br4/c13-11(14)9-3-1-7-5-10(12(15)16)4-2-8(7)6-9/h1-6,11-12H. The third kappa shape index (κ3) is 2.89. The van der Waals surface area contributed by atoms with Gasteiger partial charge in [0, 0.05) is 0 Å². The predicted octanol–water partition coefficient (Wildman–Crippen LogP) is 6.42. The number of fused-ring (bicyclic) bond motifs is 1. The van der Waals surface area contributed by atoms with Crippen LogP contribution < -0.4 is 0 Å². The fourth-order valence-corrected chi connectivity index (χ4v) is 2.69. The average molecular weight is 472 g/mol. The Morgan fingerprint density at radius 3 is 1.31 bits per heavy atom. The minimum atomic E-state index is 0.212. The third-order valence-electron chi connectivity index (χ3n) is 2.39. The van der Waals surface area contributed by atoms with Gasteiger partial charge in [0.05, 0.1) is 7.47 Å². The number of benzene rings is 2. The first-order chi connectivity index (χ1) is 7.58. The van der Waals surface area contributed by atoms with Gasteiger partial charge in [-0.05, 0) is 34.0 Å². The van der Waals surface area contributed by atoms with Crippen molar-refractivity contribution in [2.24, 2.45) is 0 Å². The molecule has 0 aliphatic heterocycles. The van der Waals surface area contributed by atoms with Crippen molar-refractivity contribution < 1.29 is 0 Å². The lowest BCUT2D eigenvalue weighted by Gasteiger charge is -2.07. The number of halogens is 4. The molecule has 0 N–H and O–H groups in total. The van der Waals surface area contributed by atoms with E-state index in [-0.39, 0.29) is 7.47 Å². The molecule has 0 atom stereocenters.